The monoisotopic (exact) mass is 370 g/mol. The van der Waals surface area contributed by atoms with Gasteiger partial charge in [0.15, 0.2) is 0 Å². The first-order valence-electron chi connectivity index (χ1n) is 7.93. The van der Waals surface area contributed by atoms with E-state index in [1.807, 2.05) is 0 Å². The number of hydrogen-bond donors (Lipinski definition) is 2. The van der Waals surface area contributed by atoms with Crippen LogP contribution in [0.5, 0.6) is 0 Å². The van der Waals surface area contributed by atoms with Crippen molar-refractivity contribution in [2.75, 3.05) is 0 Å². The Hall–Kier alpha value is -1.96. The van der Waals surface area contributed by atoms with Crippen LogP contribution in [0.4, 0.5) is 13.2 Å². The third kappa shape index (κ3) is 3.68. The molecule has 1 aromatic carbocycles. The standard InChI is InChI=1S/C17H17F3N2O2S/c18-17(19,20)10-7-5-9(6-8-10)15(24)22-16-13(14(21)23)11-3-1-2-4-12(11)25-16/h5-8,13,16H,1-4H2,(H2,21,23)(H,22,24). The van der Waals surface area contributed by atoms with Gasteiger partial charge in [0.2, 0.25) is 5.91 Å². The zero-order valence-electron chi connectivity index (χ0n) is 13.2. The molecule has 0 fully saturated rings. The van der Waals surface area contributed by atoms with Crippen molar-refractivity contribution in [1.82, 2.24) is 5.32 Å². The zero-order valence-corrected chi connectivity index (χ0v) is 14.0. The number of carbonyl (C=O) groups excluding carboxylic acids is 2. The van der Waals surface area contributed by atoms with Crippen molar-refractivity contribution in [3.8, 4) is 0 Å². The summed E-state index contributed by atoms with van der Waals surface area (Å²) in [6.45, 7) is 0. The molecule has 0 bridgehead atoms. The number of primary amides is 1. The largest absolute Gasteiger partial charge is 0.416 e. The smallest absolute Gasteiger partial charge is 0.369 e. The Balaban J connectivity index is 1.73. The van der Waals surface area contributed by atoms with Gasteiger partial charge in [0.1, 0.15) is 0 Å². The Morgan fingerprint density at radius 1 is 1.12 bits per heavy atom. The third-order valence-corrected chi connectivity index (χ3v) is 5.85. The summed E-state index contributed by atoms with van der Waals surface area (Å²) in [6.07, 6.45) is -0.755. The SMILES string of the molecule is NC(=O)C1C2=C(CCCC2)SC1NC(=O)c1ccc(C(F)(F)F)cc1. The van der Waals surface area contributed by atoms with Crippen LogP contribution in [0.3, 0.4) is 0 Å². The van der Waals surface area contributed by atoms with E-state index in [1.54, 1.807) is 0 Å². The van der Waals surface area contributed by atoms with Gasteiger partial charge in [-0.3, -0.25) is 9.59 Å². The van der Waals surface area contributed by atoms with Crippen LogP contribution in [0.25, 0.3) is 0 Å². The molecule has 2 unspecified atom stereocenters. The summed E-state index contributed by atoms with van der Waals surface area (Å²) >= 11 is 1.43. The average Bonchev–Trinajstić information content (AvgIpc) is 2.92. The van der Waals surface area contributed by atoms with Gasteiger partial charge in [0.25, 0.3) is 5.91 Å². The lowest BCUT2D eigenvalue weighted by Crippen LogP contribution is -2.42. The van der Waals surface area contributed by atoms with Gasteiger partial charge >= 0.3 is 6.18 Å². The van der Waals surface area contributed by atoms with E-state index >= 15 is 0 Å². The van der Waals surface area contributed by atoms with Gasteiger partial charge in [-0.1, -0.05) is 0 Å². The summed E-state index contributed by atoms with van der Waals surface area (Å²) < 4.78 is 37.8. The van der Waals surface area contributed by atoms with Crippen molar-refractivity contribution < 1.29 is 22.8 Å². The van der Waals surface area contributed by atoms with E-state index in [1.165, 1.54) is 11.8 Å². The van der Waals surface area contributed by atoms with E-state index in [4.69, 9.17) is 5.73 Å². The Bertz CT molecular complexity index is 728. The second-order valence-electron chi connectivity index (χ2n) is 6.12. The van der Waals surface area contributed by atoms with E-state index in [9.17, 15) is 22.8 Å². The second-order valence-corrected chi connectivity index (χ2v) is 7.36. The van der Waals surface area contributed by atoms with Crippen LogP contribution in [0.15, 0.2) is 34.7 Å². The maximum atomic E-state index is 12.6. The fourth-order valence-electron chi connectivity index (χ4n) is 3.23. The molecule has 2 aliphatic rings. The fraction of sp³-hybridized carbons (Fsp3) is 0.412. The fourth-order valence-corrected chi connectivity index (χ4v) is 4.77. The van der Waals surface area contributed by atoms with Gasteiger partial charge in [-0.2, -0.15) is 13.2 Å². The number of halogens is 3. The maximum Gasteiger partial charge on any atom is 0.416 e. The van der Waals surface area contributed by atoms with Crippen LogP contribution < -0.4 is 11.1 Å². The van der Waals surface area contributed by atoms with Gasteiger partial charge in [-0.05, 0) is 60.4 Å². The Morgan fingerprint density at radius 2 is 1.76 bits per heavy atom. The highest BCUT2D eigenvalue weighted by Crippen LogP contribution is 2.47. The van der Waals surface area contributed by atoms with Crippen LogP contribution in [-0.4, -0.2) is 17.2 Å². The van der Waals surface area contributed by atoms with Gasteiger partial charge in [-0.25, -0.2) is 0 Å². The number of amides is 2. The first-order chi connectivity index (χ1) is 11.8. The van der Waals surface area contributed by atoms with Crippen LogP contribution in [0.2, 0.25) is 0 Å². The molecule has 0 aromatic heterocycles. The summed E-state index contributed by atoms with van der Waals surface area (Å²) in [5.74, 6) is -1.56. The maximum absolute atomic E-state index is 12.6. The van der Waals surface area contributed by atoms with Crippen LogP contribution in [-0.2, 0) is 11.0 Å². The molecule has 0 spiro atoms. The van der Waals surface area contributed by atoms with E-state index in [-0.39, 0.29) is 5.56 Å². The molecule has 1 aliphatic carbocycles. The normalized spacial score (nSPS) is 23.3. The Kier molecular flexibility index (Phi) is 4.81. The highest BCUT2D eigenvalue weighted by molar-refractivity contribution is 8.04. The van der Waals surface area contributed by atoms with Crippen molar-refractivity contribution in [3.05, 3.63) is 45.9 Å². The molecule has 134 valence electrons. The molecule has 4 nitrogen and oxygen atoms in total. The number of carbonyl (C=O) groups is 2. The number of allylic oxidation sites excluding steroid dienone is 1. The second kappa shape index (κ2) is 6.74. The van der Waals surface area contributed by atoms with E-state index in [0.717, 1.165) is 60.4 Å². The molecule has 0 saturated carbocycles. The lowest BCUT2D eigenvalue weighted by atomic mass is 9.88. The minimum Gasteiger partial charge on any atom is -0.369 e. The molecular formula is C17H17F3N2O2S. The summed E-state index contributed by atoms with van der Waals surface area (Å²) in [5.41, 5.74) is 5.82. The topological polar surface area (TPSA) is 72.2 Å². The summed E-state index contributed by atoms with van der Waals surface area (Å²) in [5, 5.41) is 2.24. The molecule has 3 N–H and O–H groups in total. The molecule has 1 aromatic rings. The van der Waals surface area contributed by atoms with Crippen molar-refractivity contribution in [2.45, 2.75) is 37.2 Å². The summed E-state index contributed by atoms with van der Waals surface area (Å²) in [6, 6.07) is 3.99. The number of benzene rings is 1. The number of rotatable bonds is 3. The number of nitrogens with two attached hydrogens (primary N) is 1. The molecule has 0 radical (unpaired) electrons. The molecule has 1 heterocycles. The van der Waals surface area contributed by atoms with Crippen LogP contribution >= 0.6 is 11.8 Å². The third-order valence-electron chi connectivity index (χ3n) is 4.46. The first kappa shape index (κ1) is 17.8. The molecule has 2 atom stereocenters. The summed E-state index contributed by atoms with van der Waals surface area (Å²) in [4.78, 5) is 25.3. The molecule has 0 saturated heterocycles. The number of alkyl halides is 3. The minimum atomic E-state index is -4.45. The predicted octanol–water partition coefficient (Wildman–Crippen LogP) is 3.44. The predicted molar refractivity (Wildman–Crippen MR) is 88.5 cm³/mol. The number of hydrogen-bond acceptors (Lipinski definition) is 3. The molecular weight excluding hydrogens is 353 g/mol. The van der Waals surface area contributed by atoms with Gasteiger partial charge in [0, 0.05) is 5.56 Å². The minimum absolute atomic E-state index is 0.113. The highest BCUT2D eigenvalue weighted by Gasteiger charge is 2.40. The van der Waals surface area contributed by atoms with Crippen LogP contribution in [0, 0.1) is 5.92 Å². The molecule has 3 rings (SSSR count). The van der Waals surface area contributed by atoms with Gasteiger partial charge in [0.05, 0.1) is 16.9 Å². The lowest BCUT2D eigenvalue weighted by molar-refractivity contribution is -0.137. The molecule has 2 amide bonds. The van der Waals surface area contributed by atoms with Crippen LogP contribution in [0.1, 0.15) is 41.6 Å². The number of nitrogens with one attached hydrogen (secondary N) is 1. The zero-order chi connectivity index (χ0) is 18.2. The van der Waals surface area contributed by atoms with E-state index < -0.39 is 34.8 Å². The molecule has 1 aliphatic heterocycles. The lowest BCUT2D eigenvalue weighted by Gasteiger charge is -2.20. The molecule has 8 heteroatoms. The Labute approximate surface area is 147 Å². The average molecular weight is 370 g/mol. The van der Waals surface area contributed by atoms with Gasteiger partial charge in [-0.15, -0.1) is 11.8 Å². The van der Waals surface area contributed by atoms with Crippen molar-refractivity contribution in [2.24, 2.45) is 11.7 Å². The Morgan fingerprint density at radius 3 is 2.36 bits per heavy atom. The summed E-state index contributed by atoms with van der Waals surface area (Å²) in [7, 11) is 0. The van der Waals surface area contributed by atoms with Crippen molar-refractivity contribution in [1.29, 1.82) is 0 Å². The highest BCUT2D eigenvalue weighted by atomic mass is 32.2. The quantitative estimate of drug-likeness (QED) is 0.856. The van der Waals surface area contributed by atoms with E-state index in [0.29, 0.717) is 0 Å². The van der Waals surface area contributed by atoms with Gasteiger partial charge < -0.3 is 11.1 Å². The van der Waals surface area contributed by atoms with Crippen molar-refractivity contribution >= 4 is 23.6 Å². The first-order valence-corrected chi connectivity index (χ1v) is 8.81. The molecule has 25 heavy (non-hydrogen) atoms. The van der Waals surface area contributed by atoms with Crippen molar-refractivity contribution in [3.63, 3.8) is 0 Å². The van der Waals surface area contributed by atoms with E-state index in [2.05, 4.69) is 5.32 Å². The number of thioether (sulfide) groups is 1.